The van der Waals surface area contributed by atoms with E-state index in [9.17, 15) is 18.0 Å². The molecule has 3 rings (SSSR count). The minimum atomic E-state index is -4.56. The highest BCUT2D eigenvalue weighted by Gasteiger charge is 2.40. The molecule has 1 aromatic rings. The fourth-order valence-corrected chi connectivity index (χ4v) is 2.66. The molecule has 122 valence electrons. The molecule has 22 heavy (non-hydrogen) atoms. The summed E-state index contributed by atoms with van der Waals surface area (Å²) in [4.78, 5) is 12.0. The number of alkyl halides is 3. The van der Waals surface area contributed by atoms with Crippen LogP contribution in [0.4, 0.5) is 13.2 Å². The third-order valence-corrected chi connectivity index (χ3v) is 3.74. The van der Waals surface area contributed by atoms with Crippen molar-refractivity contribution in [2.24, 2.45) is 0 Å². The first-order valence-electron chi connectivity index (χ1n) is 6.91. The number of aromatic nitrogens is 2. The Labute approximate surface area is 124 Å². The summed E-state index contributed by atoms with van der Waals surface area (Å²) in [6.07, 6.45) is -4.24. The second-order valence-corrected chi connectivity index (χ2v) is 5.83. The Balaban J connectivity index is 1.81. The van der Waals surface area contributed by atoms with Crippen molar-refractivity contribution in [1.82, 2.24) is 15.1 Å². The van der Waals surface area contributed by atoms with Crippen LogP contribution in [0.2, 0.25) is 0 Å². The minimum absolute atomic E-state index is 0.0322. The van der Waals surface area contributed by atoms with Crippen LogP contribution in [0.5, 0.6) is 0 Å². The lowest BCUT2D eigenvalue weighted by Crippen LogP contribution is -2.60. The summed E-state index contributed by atoms with van der Waals surface area (Å²) >= 11 is 0. The first-order chi connectivity index (χ1) is 10.3. The van der Waals surface area contributed by atoms with Gasteiger partial charge in [-0.2, -0.15) is 18.3 Å². The predicted octanol–water partition coefficient (Wildman–Crippen LogP) is 0.880. The van der Waals surface area contributed by atoms with Gasteiger partial charge in [0.05, 0.1) is 32.0 Å². The Hall–Kier alpha value is -1.61. The van der Waals surface area contributed by atoms with Crippen molar-refractivity contribution in [3.05, 3.63) is 17.0 Å². The van der Waals surface area contributed by atoms with Gasteiger partial charge in [-0.15, -0.1) is 0 Å². The zero-order chi connectivity index (χ0) is 16.0. The van der Waals surface area contributed by atoms with Gasteiger partial charge >= 0.3 is 6.18 Å². The second kappa shape index (κ2) is 5.24. The van der Waals surface area contributed by atoms with E-state index in [4.69, 9.17) is 9.47 Å². The summed E-state index contributed by atoms with van der Waals surface area (Å²) in [7, 11) is 0. The fraction of sp³-hybridized carbons (Fsp3) is 0.692. The van der Waals surface area contributed by atoms with Crippen LogP contribution in [0, 0.1) is 0 Å². The quantitative estimate of drug-likeness (QED) is 0.898. The third-order valence-electron chi connectivity index (χ3n) is 3.74. The summed E-state index contributed by atoms with van der Waals surface area (Å²) < 4.78 is 50.3. The van der Waals surface area contributed by atoms with Crippen molar-refractivity contribution in [1.29, 1.82) is 0 Å². The highest BCUT2D eigenvalue weighted by Crippen LogP contribution is 2.34. The lowest BCUT2D eigenvalue weighted by atomic mass is 10.0. The lowest BCUT2D eigenvalue weighted by molar-refractivity contribution is -0.143. The summed E-state index contributed by atoms with van der Waals surface area (Å²) in [5.74, 6) is -0.378. The van der Waals surface area contributed by atoms with E-state index in [1.165, 1.54) is 0 Å². The van der Waals surface area contributed by atoms with Gasteiger partial charge in [-0.25, -0.2) is 0 Å². The molecule has 0 spiro atoms. The zero-order valence-corrected chi connectivity index (χ0v) is 12.0. The number of hydrogen-bond donors (Lipinski definition) is 1. The lowest BCUT2D eigenvalue weighted by Gasteiger charge is -2.38. The van der Waals surface area contributed by atoms with E-state index >= 15 is 0 Å². The van der Waals surface area contributed by atoms with Gasteiger partial charge in [-0.3, -0.25) is 9.48 Å². The predicted molar refractivity (Wildman–Crippen MR) is 68.0 cm³/mol. The number of rotatable bonds is 3. The van der Waals surface area contributed by atoms with Crippen LogP contribution in [0.15, 0.2) is 0 Å². The second-order valence-electron chi connectivity index (χ2n) is 5.83. The molecule has 0 aliphatic carbocycles. The molecule has 0 saturated carbocycles. The average molecular weight is 319 g/mol. The first-order valence-corrected chi connectivity index (χ1v) is 6.91. The van der Waals surface area contributed by atoms with Crippen molar-refractivity contribution in [3.63, 3.8) is 0 Å². The van der Waals surface area contributed by atoms with Crippen LogP contribution < -0.4 is 5.32 Å². The molecule has 0 unspecified atom stereocenters. The van der Waals surface area contributed by atoms with Crippen LogP contribution in [0.25, 0.3) is 0 Å². The summed E-state index contributed by atoms with van der Waals surface area (Å²) in [5, 5.41) is 6.36. The number of halogens is 3. The van der Waals surface area contributed by atoms with E-state index in [0.29, 0.717) is 31.9 Å². The molecule has 0 bridgehead atoms. The van der Waals surface area contributed by atoms with Crippen LogP contribution in [-0.4, -0.2) is 41.0 Å². The molecule has 1 aromatic heterocycles. The van der Waals surface area contributed by atoms with Crippen molar-refractivity contribution in [2.45, 2.75) is 38.2 Å². The molecule has 2 aliphatic heterocycles. The van der Waals surface area contributed by atoms with Crippen LogP contribution in [-0.2, 0) is 40.0 Å². The topological polar surface area (TPSA) is 65.4 Å². The Bertz CT molecular complexity index is 593. The molecular weight excluding hydrogens is 303 g/mol. The van der Waals surface area contributed by atoms with Gasteiger partial charge < -0.3 is 14.8 Å². The largest absolute Gasteiger partial charge is 0.435 e. The zero-order valence-electron chi connectivity index (χ0n) is 12.0. The van der Waals surface area contributed by atoms with Crippen molar-refractivity contribution < 1.29 is 27.4 Å². The minimum Gasteiger partial charge on any atom is -0.376 e. The van der Waals surface area contributed by atoms with Gasteiger partial charge in [0.2, 0.25) is 5.91 Å². The maximum atomic E-state index is 13.0. The smallest absolute Gasteiger partial charge is 0.376 e. The standard InChI is InChI=1S/C13H16F3N3O3/c1-12(6-22-7-12)17-10(20)4-19-9-2-3-21-5-8(9)11(18-19)13(14,15)16/h2-7H2,1H3,(H,17,20). The fourth-order valence-electron chi connectivity index (χ4n) is 2.66. The van der Waals surface area contributed by atoms with Gasteiger partial charge in [0, 0.05) is 17.7 Å². The Morgan fingerprint density at radius 3 is 2.73 bits per heavy atom. The molecule has 3 heterocycles. The number of nitrogens with zero attached hydrogens (tertiary/aromatic N) is 2. The maximum absolute atomic E-state index is 13.0. The van der Waals surface area contributed by atoms with E-state index in [2.05, 4.69) is 10.4 Å². The summed E-state index contributed by atoms with van der Waals surface area (Å²) in [5.41, 5.74) is -0.957. The number of carbonyl (C=O) groups is 1. The molecule has 1 fully saturated rings. The van der Waals surface area contributed by atoms with E-state index in [1.54, 1.807) is 0 Å². The first kappa shape index (κ1) is 15.3. The number of fused-ring (bicyclic) bond motifs is 1. The molecule has 2 aliphatic rings. The van der Waals surface area contributed by atoms with E-state index in [-0.39, 0.29) is 24.6 Å². The molecule has 1 N–H and O–H groups in total. The van der Waals surface area contributed by atoms with Crippen LogP contribution >= 0.6 is 0 Å². The van der Waals surface area contributed by atoms with E-state index in [1.807, 2.05) is 6.92 Å². The Morgan fingerprint density at radius 1 is 1.41 bits per heavy atom. The highest BCUT2D eigenvalue weighted by molar-refractivity contribution is 5.76. The van der Waals surface area contributed by atoms with Crippen molar-refractivity contribution in [2.75, 3.05) is 19.8 Å². The number of amides is 1. The monoisotopic (exact) mass is 319 g/mol. The van der Waals surface area contributed by atoms with Crippen LogP contribution in [0.1, 0.15) is 23.9 Å². The SMILES string of the molecule is CC1(NC(=O)Cn2nc(C(F)(F)F)c3c2CCOC3)COC1. The van der Waals surface area contributed by atoms with Gasteiger partial charge in [0.15, 0.2) is 5.69 Å². The Morgan fingerprint density at radius 2 is 2.14 bits per heavy atom. The molecular formula is C13H16F3N3O3. The summed E-state index contributed by atoms with van der Waals surface area (Å²) in [6, 6.07) is 0. The number of nitrogens with one attached hydrogen (secondary N) is 1. The molecule has 0 radical (unpaired) electrons. The number of ether oxygens (including phenoxy) is 2. The third kappa shape index (κ3) is 2.82. The molecule has 1 amide bonds. The van der Waals surface area contributed by atoms with Crippen molar-refractivity contribution >= 4 is 5.91 Å². The van der Waals surface area contributed by atoms with Gasteiger partial charge in [-0.1, -0.05) is 0 Å². The number of hydrogen-bond acceptors (Lipinski definition) is 4. The average Bonchev–Trinajstić information content (AvgIpc) is 2.76. The van der Waals surface area contributed by atoms with Crippen molar-refractivity contribution in [3.8, 4) is 0 Å². The normalized spacial score (nSPS) is 20.2. The Kier molecular flexibility index (Phi) is 3.64. The van der Waals surface area contributed by atoms with Gasteiger partial charge in [0.1, 0.15) is 6.54 Å². The van der Waals surface area contributed by atoms with Gasteiger partial charge in [0.25, 0.3) is 0 Å². The molecule has 0 atom stereocenters. The van der Waals surface area contributed by atoms with Crippen LogP contribution in [0.3, 0.4) is 0 Å². The van der Waals surface area contributed by atoms with E-state index < -0.39 is 17.4 Å². The molecule has 0 aromatic carbocycles. The molecule has 1 saturated heterocycles. The van der Waals surface area contributed by atoms with Gasteiger partial charge in [-0.05, 0) is 6.92 Å². The van der Waals surface area contributed by atoms with E-state index in [0.717, 1.165) is 4.68 Å². The maximum Gasteiger partial charge on any atom is 0.435 e. The number of carbonyl (C=O) groups excluding carboxylic acids is 1. The molecule has 6 nitrogen and oxygen atoms in total. The highest BCUT2D eigenvalue weighted by atomic mass is 19.4. The molecule has 9 heteroatoms. The summed E-state index contributed by atoms with van der Waals surface area (Å²) in [6.45, 7) is 2.58.